The summed E-state index contributed by atoms with van der Waals surface area (Å²) in [5.41, 5.74) is 8.44. The van der Waals surface area contributed by atoms with E-state index in [2.05, 4.69) is 98.5 Å². The minimum Gasteiger partial charge on any atom is -0.310 e. The van der Waals surface area contributed by atoms with Crippen LogP contribution in [0.4, 0.5) is 17.1 Å². The zero-order chi connectivity index (χ0) is 24.0. The molecule has 1 nitrogen and oxygen atoms in total. The lowest BCUT2D eigenvalue weighted by Gasteiger charge is -2.31. The minimum atomic E-state index is 1.14. The maximum Gasteiger partial charge on any atom is 0.0493 e. The van der Waals surface area contributed by atoms with Crippen LogP contribution >= 0.6 is 0 Å². The molecule has 0 spiro atoms. The maximum atomic E-state index is 2.59. The van der Waals surface area contributed by atoms with Crippen LogP contribution in [0.2, 0.25) is 0 Å². The second-order valence-corrected chi connectivity index (χ2v) is 9.59. The van der Waals surface area contributed by atoms with E-state index in [1.807, 2.05) is 0 Å². The van der Waals surface area contributed by atoms with Gasteiger partial charge < -0.3 is 4.90 Å². The van der Waals surface area contributed by atoms with E-state index in [9.17, 15) is 0 Å². The van der Waals surface area contributed by atoms with Gasteiger partial charge in [-0.2, -0.15) is 0 Å². The summed E-state index contributed by atoms with van der Waals surface area (Å²) in [6.07, 6.45) is 14.8. The second kappa shape index (κ2) is 14.7. The predicted octanol–water partition coefficient (Wildman–Crippen LogP) is 10.4. The molecule has 3 aromatic carbocycles. The Hall–Kier alpha value is -2.54. The Morgan fingerprint density at radius 2 is 0.706 bits per heavy atom. The van der Waals surface area contributed by atoms with Crippen LogP contribution in [0.3, 0.4) is 0 Å². The summed E-state index contributed by atoms with van der Waals surface area (Å²) in [5.74, 6) is 0. The Bertz CT molecular complexity index is 846. The average Bonchev–Trinajstić information content (AvgIpc) is 2.87. The summed E-state index contributed by atoms with van der Waals surface area (Å²) in [6.45, 7) is 6.87. The fourth-order valence-corrected chi connectivity index (χ4v) is 4.91. The number of hydrogen-bond donors (Lipinski definition) is 0. The van der Waals surface area contributed by atoms with Gasteiger partial charge in [-0.1, -0.05) is 114 Å². The van der Waals surface area contributed by atoms with Gasteiger partial charge in [0.15, 0.2) is 0 Å². The molecular weight excluding hydrogens is 410 g/mol. The lowest BCUT2D eigenvalue weighted by molar-refractivity contribution is 0.713. The number of benzene rings is 3. The highest BCUT2D eigenvalue weighted by Gasteiger charge is 2.20. The van der Waals surface area contributed by atoms with Gasteiger partial charge in [0.2, 0.25) is 0 Å². The van der Waals surface area contributed by atoms with E-state index in [0.717, 1.165) is 19.3 Å². The van der Waals surface area contributed by atoms with Crippen LogP contribution in [-0.2, 0) is 19.3 Å². The standard InChI is InChI=1S/C33H45N/c1-4-7-10-19-28-22-13-16-25-31(28)34(32-26-17-14-23-29(32)20-11-8-5-2)33-27-18-15-24-30(33)21-12-9-6-3/h13-18,22-27H,4-12,19-21H2,1-3H3. The molecule has 3 aromatic rings. The van der Waals surface area contributed by atoms with Crippen molar-refractivity contribution < 1.29 is 0 Å². The lowest BCUT2D eigenvalue weighted by Crippen LogP contribution is -2.16. The summed E-state index contributed by atoms with van der Waals surface area (Å²) >= 11 is 0. The molecule has 0 saturated heterocycles. The third-order valence-corrected chi connectivity index (χ3v) is 6.85. The molecule has 0 amide bonds. The topological polar surface area (TPSA) is 3.24 Å². The van der Waals surface area contributed by atoms with Gasteiger partial charge >= 0.3 is 0 Å². The molecular formula is C33H45N. The largest absolute Gasteiger partial charge is 0.310 e. The molecule has 0 radical (unpaired) electrons. The number of aryl methyl sites for hydroxylation is 3. The highest BCUT2D eigenvalue weighted by atomic mass is 15.1. The normalized spacial score (nSPS) is 11.0. The van der Waals surface area contributed by atoms with Crippen molar-refractivity contribution in [3.63, 3.8) is 0 Å². The third-order valence-electron chi connectivity index (χ3n) is 6.85. The number of para-hydroxylation sites is 3. The molecule has 3 rings (SSSR count). The van der Waals surface area contributed by atoms with Crippen molar-refractivity contribution in [1.29, 1.82) is 0 Å². The Kier molecular flexibility index (Phi) is 11.2. The van der Waals surface area contributed by atoms with Gasteiger partial charge in [-0.15, -0.1) is 0 Å². The first-order valence-electron chi connectivity index (χ1n) is 13.8. The molecule has 0 aromatic heterocycles. The monoisotopic (exact) mass is 455 g/mol. The zero-order valence-corrected chi connectivity index (χ0v) is 21.9. The summed E-state index contributed by atoms with van der Waals surface area (Å²) in [7, 11) is 0. The highest BCUT2D eigenvalue weighted by molar-refractivity contribution is 5.81. The van der Waals surface area contributed by atoms with Gasteiger partial charge in [0.1, 0.15) is 0 Å². The molecule has 0 atom stereocenters. The Morgan fingerprint density at radius 1 is 0.412 bits per heavy atom. The van der Waals surface area contributed by atoms with Gasteiger partial charge in [0.05, 0.1) is 0 Å². The lowest BCUT2D eigenvalue weighted by atomic mass is 9.98. The summed E-state index contributed by atoms with van der Waals surface area (Å²) in [6, 6.07) is 27.3. The summed E-state index contributed by atoms with van der Waals surface area (Å²) in [4.78, 5) is 2.59. The third kappa shape index (κ3) is 7.23. The van der Waals surface area contributed by atoms with Gasteiger partial charge in [-0.05, 0) is 73.4 Å². The first-order chi connectivity index (χ1) is 16.8. The number of anilines is 3. The molecule has 0 N–H and O–H groups in total. The van der Waals surface area contributed by atoms with Crippen molar-refractivity contribution in [1.82, 2.24) is 0 Å². The Labute approximate surface area is 209 Å². The van der Waals surface area contributed by atoms with E-state index in [0.29, 0.717) is 0 Å². The van der Waals surface area contributed by atoms with Crippen molar-refractivity contribution in [3.8, 4) is 0 Å². The first kappa shape index (κ1) is 26.1. The first-order valence-corrected chi connectivity index (χ1v) is 13.8. The summed E-state index contributed by atoms with van der Waals surface area (Å²) in [5, 5.41) is 0. The van der Waals surface area contributed by atoms with Crippen molar-refractivity contribution in [2.24, 2.45) is 0 Å². The molecule has 182 valence electrons. The van der Waals surface area contributed by atoms with Crippen LogP contribution in [0, 0.1) is 0 Å². The Morgan fingerprint density at radius 3 is 1.00 bits per heavy atom. The van der Waals surface area contributed by atoms with Crippen molar-refractivity contribution >= 4 is 17.1 Å². The fraction of sp³-hybridized carbons (Fsp3) is 0.455. The van der Waals surface area contributed by atoms with E-state index in [1.54, 1.807) is 0 Å². The van der Waals surface area contributed by atoms with Gasteiger partial charge in [-0.3, -0.25) is 0 Å². The van der Waals surface area contributed by atoms with Crippen molar-refractivity contribution in [2.75, 3.05) is 4.90 Å². The average molecular weight is 456 g/mol. The number of nitrogens with zero attached hydrogens (tertiary/aromatic N) is 1. The minimum absolute atomic E-state index is 1.14. The van der Waals surface area contributed by atoms with Crippen LogP contribution in [0.5, 0.6) is 0 Å². The zero-order valence-electron chi connectivity index (χ0n) is 21.9. The molecule has 0 unspecified atom stereocenters. The quantitative estimate of drug-likeness (QED) is 0.206. The number of rotatable bonds is 15. The number of hydrogen-bond acceptors (Lipinski definition) is 1. The predicted molar refractivity (Wildman–Crippen MR) is 151 cm³/mol. The molecule has 1 heteroatoms. The maximum absolute atomic E-state index is 2.59. The fourth-order valence-electron chi connectivity index (χ4n) is 4.91. The van der Waals surface area contributed by atoms with E-state index in [1.165, 1.54) is 91.5 Å². The smallest absolute Gasteiger partial charge is 0.0493 e. The Balaban J connectivity index is 2.11. The van der Waals surface area contributed by atoms with Gasteiger partial charge in [0.25, 0.3) is 0 Å². The van der Waals surface area contributed by atoms with E-state index in [4.69, 9.17) is 0 Å². The molecule has 0 aliphatic rings. The van der Waals surface area contributed by atoms with E-state index < -0.39 is 0 Å². The van der Waals surface area contributed by atoms with E-state index in [-0.39, 0.29) is 0 Å². The molecule has 0 bridgehead atoms. The van der Waals surface area contributed by atoms with E-state index >= 15 is 0 Å². The van der Waals surface area contributed by atoms with Crippen LogP contribution < -0.4 is 4.90 Å². The molecule has 0 aliphatic carbocycles. The van der Waals surface area contributed by atoms with Gasteiger partial charge in [-0.25, -0.2) is 0 Å². The van der Waals surface area contributed by atoms with Crippen LogP contribution in [0.1, 0.15) is 95.2 Å². The molecule has 34 heavy (non-hydrogen) atoms. The summed E-state index contributed by atoms with van der Waals surface area (Å²) < 4.78 is 0. The molecule has 0 aliphatic heterocycles. The van der Waals surface area contributed by atoms with Crippen LogP contribution in [0.25, 0.3) is 0 Å². The molecule has 0 heterocycles. The molecule has 0 fully saturated rings. The van der Waals surface area contributed by atoms with Crippen LogP contribution in [0.15, 0.2) is 72.8 Å². The van der Waals surface area contributed by atoms with Crippen LogP contribution in [-0.4, -0.2) is 0 Å². The van der Waals surface area contributed by atoms with Gasteiger partial charge in [0, 0.05) is 17.1 Å². The number of unbranched alkanes of at least 4 members (excludes halogenated alkanes) is 6. The SMILES string of the molecule is CCCCCc1ccccc1N(c1ccccc1CCCCC)c1ccccc1CCCCC. The molecule has 0 saturated carbocycles. The second-order valence-electron chi connectivity index (χ2n) is 9.59. The van der Waals surface area contributed by atoms with Crippen molar-refractivity contribution in [3.05, 3.63) is 89.5 Å². The highest BCUT2D eigenvalue weighted by Crippen LogP contribution is 2.41. The van der Waals surface area contributed by atoms with Crippen molar-refractivity contribution in [2.45, 2.75) is 97.8 Å².